The zero-order chi connectivity index (χ0) is 19.8. The standard InChI is InChI=1S/C21H21FN2O3S/c1-2-26-19-6-4-3-5-18(19)21-24-16(14-28-21)13-20(25)23-11-12-27-17-9-7-15(22)8-10-17/h3-10,14H,2,11-13H2,1H3,(H,23,25). The molecule has 5 nitrogen and oxygen atoms in total. The average molecular weight is 400 g/mol. The molecular formula is C21H21FN2O3S. The second kappa shape index (κ2) is 9.85. The number of rotatable bonds is 9. The Labute approximate surface area is 167 Å². The molecule has 0 atom stereocenters. The van der Waals surface area contributed by atoms with E-state index in [2.05, 4.69) is 10.3 Å². The van der Waals surface area contributed by atoms with Crippen molar-refractivity contribution in [1.29, 1.82) is 0 Å². The second-order valence-corrected chi connectivity index (χ2v) is 6.76. The summed E-state index contributed by atoms with van der Waals surface area (Å²) < 4.78 is 23.9. The molecule has 0 fully saturated rings. The van der Waals surface area contributed by atoms with Crippen LogP contribution in [-0.2, 0) is 11.2 Å². The Morgan fingerprint density at radius 2 is 1.93 bits per heavy atom. The van der Waals surface area contributed by atoms with Crippen molar-refractivity contribution in [2.24, 2.45) is 0 Å². The summed E-state index contributed by atoms with van der Waals surface area (Å²) in [6.45, 7) is 3.19. The van der Waals surface area contributed by atoms with Gasteiger partial charge in [-0.2, -0.15) is 0 Å². The summed E-state index contributed by atoms with van der Waals surface area (Å²) in [6, 6.07) is 13.5. The van der Waals surface area contributed by atoms with E-state index in [1.165, 1.54) is 23.5 Å². The lowest BCUT2D eigenvalue weighted by molar-refractivity contribution is -0.120. The fourth-order valence-electron chi connectivity index (χ4n) is 2.55. The number of ether oxygens (including phenoxy) is 2. The average Bonchev–Trinajstić information content (AvgIpc) is 3.15. The number of carbonyl (C=O) groups is 1. The van der Waals surface area contributed by atoms with Gasteiger partial charge in [0.2, 0.25) is 5.91 Å². The maximum atomic E-state index is 12.8. The van der Waals surface area contributed by atoms with Crippen molar-refractivity contribution < 1.29 is 18.7 Å². The van der Waals surface area contributed by atoms with Crippen molar-refractivity contribution in [3.05, 3.63) is 65.4 Å². The topological polar surface area (TPSA) is 60.5 Å². The summed E-state index contributed by atoms with van der Waals surface area (Å²) in [7, 11) is 0. The minimum atomic E-state index is -0.313. The van der Waals surface area contributed by atoms with Crippen LogP contribution in [0.1, 0.15) is 12.6 Å². The summed E-state index contributed by atoms with van der Waals surface area (Å²) in [6.07, 6.45) is 0.198. The van der Waals surface area contributed by atoms with Crippen molar-refractivity contribution in [3.63, 3.8) is 0 Å². The minimum Gasteiger partial charge on any atom is -0.493 e. The van der Waals surface area contributed by atoms with Crippen LogP contribution >= 0.6 is 11.3 Å². The lowest BCUT2D eigenvalue weighted by atomic mass is 10.2. The second-order valence-electron chi connectivity index (χ2n) is 5.90. The third kappa shape index (κ3) is 5.53. The van der Waals surface area contributed by atoms with E-state index in [1.807, 2.05) is 36.6 Å². The van der Waals surface area contributed by atoms with Gasteiger partial charge in [-0.15, -0.1) is 11.3 Å². The molecule has 0 spiro atoms. The molecule has 0 radical (unpaired) electrons. The van der Waals surface area contributed by atoms with Gasteiger partial charge in [-0.05, 0) is 43.3 Å². The maximum Gasteiger partial charge on any atom is 0.226 e. The summed E-state index contributed by atoms with van der Waals surface area (Å²) in [4.78, 5) is 16.7. The van der Waals surface area contributed by atoms with Gasteiger partial charge in [0.25, 0.3) is 0 Å². The Kier molecular flexibility index (Phi) is 6.97. The predicted octanol–water partition coefficient (Wildman–Crippen LogP) is 4.09. The van der Waals surface area contributed by atoms with E-state index in [1.54, 1.807) is 12.1 Å². The third-order valence-corrected chi connectivity index (χ3v) is 4.74. The van der Waals surface area contributed by atoms with Gasteiger partial charge < -0.3 is 14.8 Å². The Morgan fingerprint density at radius 3 is 2.71 bits per heavy atom. The molecule has 1 aromatic heterocycles. The number of hydrogen-bond donors (Lipinski definition) is 1. The first-order valence-electron chi connectivity index (χ1n) is 8.97. The van der Waals surface area contributed by atoms with Crippen LogP contribution in [0.15, 0.2) is 53.9 Å². The van der Waals surface area contributed by atoms with Crippen LogP contribution in [0.3, 0.4) is 0 Å². The summed E-state index contributed by atoms with van der Waals surface area (Å²) in [5.41, 5.74) is 1.64. The molecule has 0 unspecified atom stereocenters. The molecule has 0 aliphatic heterocycles. The Balaban J connectivity index is 1.48. The third-order valence-electron chi connectivity index (χ3n) is 3.82. The molecule has 0 saturated carbocycles. The molecule has 0 aliphatic rings. The molecular weight excluding hydrogens is 379 g/mol. The van der Waals surface area contributed by atoms with Crippen LogP contribution < -0.4 is 14.8 Å². The summed E-state index contributed by atoms with van der Waals surface area (Å²) in [5.74, 6) is 0.908. The number of hydrogen-bond acceptors (Lipinski definition) is 5. The largest absolute Gasteiger partial charge is 0.493 e. The highest BCUT2D eigenvalue weighted by Crippen LogP contribution is 2.32. The van der Waals surface area contributed by atoms with Crippen molar-refractivity contribution in [2.45, 2.75) is 13.3 Å². The smallest absolute Gasteiger partial charge is 0.226 e. The summed E-state index contributed by atoms with van der Waals surface area (Å²) >= 11 is 1.48. The highest BCUT2D eigenvalue weighted by molar-refractivity contribution is 7.13. The van der Waals surface area contributed by atoms with Crippen molar-refractivity contribution in [1.82, 2.24) is 10.3 Å². The number of carbonyl (C=O) groups excluding carboxylic acids is 1. The number of para-hydroxylation sites is 1. The minimum absolute atomic E-state index is 0.127. The molecule has 28 heavy (non-hydrogen) atoms. The van der Waals surface area contributed by atoms with Gasteiger partial charge in [0.1, 0.15) is 28.9 Å². The molecule has 7 heteroatoms. The molecule has 1 amide bonds. The fourth-order valence-corrected chi connectivity index (χ4v) is 3.40. The monoisotopic (exact) mass is 400 g/mol. The van der Waals surface area contributed by atoms with E-state index in [-0.39, 0.29) is 18.1 Å². The zero-order valence-electron chi connectivity index (χ0n) is 15.5. The van der Waals surface area contributed by atoms with Crippen LogP contribution in [0.2, 0.25) is 0 Å². The molecule has 3 aromatic rings. The SMILES string of the molecule is CCOc1ccccc1-c1nc(CC(=O)NCCOc2ccc(F)cc2)cs1. The predicted molar refractivity (Wildman–Crippen MR) is 107 cm³/mol. The maximum absolute atomic E-state index is 12.8. The number of thiazole rings is 1. The van der Waals surface area contributed by atoms with E-state index in [4.69, 9.17) is 9.47 Å². The number of halogens is 1. The lowest BCUT2D eigenvalue weighted by Crippen LogP contribution is -2.29. The lowest BCUT2D eigenvalue weighted by Gasteiger charge is -2.07. The van der Waals surface area contributed by atoms with Crippen LogP contribution in [-0.4, -0.2) is 30.6 Å². The van der Waals surface area contributed by atoms with Gasteiger partial charge in [0.05, 0.1) is 30.8 Å². The Morgan fingerprint density at radius 1 is 1.14 bits per heavy atom. The van der Waals surface area contributed by atoms with Crippen LogP contribution in [0.4, 0.5) is 4.39 Å². The molecule has 2 aromatic carbocycles. The molecule has 1 heterocycles. The van der Waals surface area contributed by atoms with E-state index in [0.29, 0.717) is 31.2 Å². The van der Waals surface area contributed by atoms with Gasteiger partial charge in [-0.3, -0.25) is 4.79 Å². The highest BCUT2D eigenvalue weighted by atomic mass is 32.1. The van der Waals surface area contributed by atoms with Gasteiger partial charge in [0.15, 0.2) is 0 Å². The Bertz CT molecular complexity index is 912. The Hall–Kier alpha value is -2.93. The number of amides is 1. The number of aromatic nitrogens is 1. The van der Waals surface area contributed by atoms with Crippen LogP contribution in [0.5, 0.6) is 11.5 Å². The molecule has 0 bridgehead atoms. The number of benzene rings is 2. The zero-order valence-corrected chi connectivity index (χ0v) is 16.3. The number of nitrogens with zero attached hydrogens (tertiary/aromatic N) is 1. The first kappa shape index (κ1) is 19.8. The van der Waals surface area contributed by atoms with E-state index in [9.17, 15) is 9.18 Å². The van der Waals surface area contributed by atoms with Crippen molar-refractivity contribution in [2.75, 3.05) is 19.8 Å². The van der Waals surface area contributed by atoms with Gasteiger partial charge in [0, 0.05) is 5.38 Å². The molecule has 0 saturated heterocycles. The first-order valence-corrected chi connectivity index (χ1v) is 9.85. The van der Waals surface area contributed by atoms with Gasteiger partial charge >= 0.3 is 0 Å². The van der Waals surface area contributed by atoms with Gasteiger partial charge in [-0.1, -0.05) is 12.1 Å². The molecule has 146 valence electrons. The first-order chi connectivity index (χ1) is 13.7. The van der Waals surface area contributed by atoms with Crippen molar-refractivity contribution in [3.8, 4) is 22.1 Å². The quantitative estimate of drug-likeness (QED) is 0.550. The number of nitrogens with one attached hydrogen (secondary N) is 1. The summed E-state index contributed by atoms with van der Waals surface area (Å²) in [5, 5.41) is 5.50. The molecule has 1 N–H and O–H groups in total. The molecule has 3 rings (SSSR count). The normalized spacial score (nSPS) is 10.5. The van der Waals surface area contributed by atoms with E-state index < -0.39 is 0 Å². The van der Waals surface area contributed by atoms with E-state index in [0.717, 1.165) is 16.3 Å². The fraction of sp³-hybridized carbons (Fsp3) is 0.238. The van der Waals surface area contributed by atoms with Crippen LogP contribution in [0.25, 0.3) is 10.6 Å². The molecule has 0 aliphatic carbocycles. The van der Waals surface area contributed by atoms with Crippen molar-refractivity contribution >= 4 is 17.2 Å². The highest BCUT2D eigenvalue weighted by Gasteiger charge is 2.12. The van der Waals surface area contributed by atoms with Gasteiger partial charge in [-0.25, -0.2) is 9.37 Å². The van der Waals surface area contributed by atoms with E-state index >= 15 is 0 Å². The van der Waals surface area contributed by atoms with Crippen LogP contribution in [0, 0.1) is 5.82 Å².